The lowest BCUT2D eigenvalue weighted by molar-refractivity contribution is -0.151. The molecule has 0 aromatic carbocycles. The van der Waals surface area contributed by atoms with Gasteiger partial charge in [0.2, 0.25) is 0 Å². The second-order valence-corrected chi connectivity index (χ2v) is 9.37. The molecule has 0 aliphatic carbocycles. The third kappa shape index (κ3) is 3.83. The number of hydrogen-bond donors (Lipinski definition) is 1. The highest BCUT2D eigenvalue weighted by Crippen LogP contribution is 2.43. The summed E-state index contributed by atoms with van der Waals surface area (Å²) >= 11 is 0. The van der Waals surface area contributed by atoms with E-state index >= 15 is 0 Å². The van der Waals surface area contributed by atoms with Crippen LogP contribution in [-0.4, -0.2) is 81.3 Å². The van der Waals surface area contributed by atoms with E-state index in [1.807, 2.05) is 34.8 Å². The summed E-state index contributed by atoms with van der Waals surface area (Å²) in [6.45, 7) is 3.53. The predicted molar refractivity (Wildman–Crippen MR) is 114 cm³/mol. The number of esters is 1. The number of cyclic esters (lactones) is 1. The summed E-state index contributed by atoms with van der Waals surface area (Å²) in [7, 11) is 1.92. The third-order valence-corrected chi connectivity index (χ3v) is 7.29. The summed E-state index contributed by atoms with van der Waals surface area (Å²) < 4.78 is 7.67. The lowest BCUT2D eigenvalue weighted by Crippen LogP contribution is -2.45. The molecular weight excluding hydrogens is 396 g/mol. The number of fused-ring (bicyclic) bond motifs is 1. The minimum Gasteiger partial charge on any atom is -0.461 e. The van der Waals surface area contributed by atoms with Crippen molar-refractivity contribution in [2.24, 2.45) is 12.5 Å². The van der Waals surface area contributed by atoms with Gasteiger partial charge >= 0.3 is 5.97 Å². The monoisotopic (exact) mass is 426 g/mol. The Morgan fingerprint density at radius 3 is 2.68 bits per heavy atom. The van der Waals surface area contributed by atoms with Crippen LogP contribution in [0.25, 0.3) is 11.0 Å². The van der Waals surface area contributed by atoms with Crippen LogP contribution in [0.4, 0.5) is 0 Å². The molecule has 1 atom stereocenters. The standard InChI is InChI=1S/C23H30N4O4/c1-25-9-4-16-2-3-19(24-20(16)25)21(29)27-12-7-23(8-13-27)14-18(31-22(23)30)15-26-10-5-17(28)6-11-26/h2-4,9,17-18,28H,5-8,10-15H2,1H3. The number of pyridine rings is 1. The lowest BCUT2D eigenvalue weighted by Gasteiger charge is -2.36. The van der Waals surface area contributed by atoms with Gasteiger partial charge < -0.3 is 19.3 Å². The zero-order chi connectivity index (χ0) is 21.6. The van der Waals surface area contributed by atoms with Crippen LogP contribution in [0.2, 0.25) is 0 Å². The van der Waals surface area contributed by atoms with E-state index < -0.39 is 5.41 Å². The van der Waals surface area contributed by atoms with Crippen molar-refractivity contribution in [2.75, 3.05) is 32.7 Å². The average Bonchev–Trinajstić information content (AvgIpc) is 3.29. The van der Waals surface area contributed by atoms with E-state index in [0.717, 1.165) is 49.9 Å². The molecule has 8 nitrogen and oxygen atoms in total. The normalized spacial score (nSPS) is 24.8. The summed E-state index contributed by atoms with van der Waals surface area (Å²) in [6, 6.07) is 5.69. The number of aliphatic hydroxyl groups is 1. The first-order valence-electron chi connectivity index (χ1n) is 11.3. The number of piperidine rings is 2. The number of aliphatic hydroxyl groups excluding tert-OH is 1. The molecule has 3 aliphatic rings. The van der Waals surface area contributed by atoms with E-state index in [9.17, 15) is 14.7 Å². The maximum atomic E-state index is 13.0. The van der Waals surface area contributed by atoms with E-state index in [1.54, 1.807) is 6.07 Å². The Morgan fingerprint density at radius 2 is 1.94 bits per heavy atom. The SMILES string of the molecule is Cn1ccc2ccc(C(=O)N3CCC4(CC3)CC(CN3CCC(O)CC3)OC4=O)nc21. The van der Waals surface area contributed by atoms with Crippen LogP contribution in [-0.2, 0) is 16.6 Å². The molecule has 1 spiro atoms. The number of hydrogen-bond acceptors (Lipinski definition) is 6. The van der Waals surface area contributed by atoms with E-state index in [-0.39, 0.29) is 24.1 Å². The van der Waals surface area contributed by atoms with Gasteiger partial charge in [-0.15, -0.1) is 0 Å². The Bertz CT molecular complexity index is 987. The van der Waals surface area contributed by atoms with Crippen molar-refractivity contribution < 1.29 is 19.4 Å². The second-order valence-electron chi connectivity index (χ2n) is 9.37. The minimum absolute atomic E-state index is 0.0762. The fourth-order valence-corrected chi connectivity index (χ4v) is 5.29. The maximum absolute atomic E-state index is 13.0. The van der Waals surface area contributed by atoms with Gasteiger partial charge in [-0.1, -0.05) is 0 Å². The number of likely N-dealkylation sites (tertiary alicyclic amines) is 2. The molecular formula is C23H30N4O4. The Morgan fingerprint density at radius 1 is 1.19 bits per heavy atom. The minimum atomic E-state index is -0.466. The highest BCUT2D eigenvalue weighted by Gasteiger charge is 2.51. The average molecular weight is 427 g/mol. The maximum Gasteiger partial charge on any atom is 0.312 e. The van der Waals surface area contributed by atoms with Gasteiger partial charge in [-0.25, -0.2) is 4.98 Å². The van der Waals surface area contributed by atoms with Crippen molar-refractivity contribution >= 4 is 22.9 Å². The van der Waals surface area contributed by atoms with Crippen LogP contribution >= 0.6 is 0 Å². The van der Waals surface area contributed by atoms with Gasteiger partial charge in [-0.2, -0.15) is 0 Å². The Labute approximate surface area is 181 Å². The molecule has 8 heteroatoms. The number of rotatable bonds is 3. The fourth-order valence-electron chi connectivity index (χ4n) is 5.29. The van der Waals surface area contributed by atoms with Crippen molar-refractivity contribution in [3.63, 3.8) is 0 Å². The van der Waals surface area contributed by atoms with Gasteiger partial charge in [0.05, 0.1) is 11.5 Å². The van der Waals surface area contributed by atoms with Gasteiger partial charge in [0.1, 0.15) is 17.4 Å². The Hall–Kier alpha value is -2.45. The molecule has 1 unspecified atom stereocenters. The van der Waals surface area contributed by atoms with E-state index in [4.69, 9.17) is 4.74 Å². The number of ether oxygens (including phenoxy) is 1. The van der Waals surface area contributed by atoms with Gasteiger partial charge in [0, 0.05) is 57.8 Å². The quantitative estimate of drug-likeness (QED) is 0.750. The molecule has 1 amide bonds. The van der Waals surface area contributed by atoms with Crippen LogP contribution in [0.3, 0.4) is 0 Å². The zero-order valence-electron chi connectivity index (χ0n) is 18.0. The van der Waals surface area contributed by atoms with Crippen molar-refractivity contribution in [1.29, 1.82) is 0 Å². The first-order chi connectivity index (χ1) is 14.9. The first-order valence-corrected chi connectivity index (χ1v) is 11.3. The molecule has 31 heavy (non-hydrogen) atoms. The molecule has 3 aliphatic heterocycles. The number of nitrogens with zero attached hydrogens (tertiary/aromatic N) is 4. The predicted octanol–water partition coefficient (Wildman–Crippen LogP) is 1.57. The summed E-state index contributed by atoms with van der Waals surface area (Å²) in [4.78, 5) is 34.4. The molecule has 166 valence electrons. The third-order valence-electron chi connectivity index (χ3n) is 7.29. The van der Waals surface area contributed by atoms with Crippen molar-refractivity contribution in [1.82, 2.24) is 19.4 Å². The number of carbonyl (C=O) groups excluding carboxylic acids is 2. The summed E-state index contributed by atoms with van der Waals surface area (Å²) in [5.41, 5.74) is 0.780. The number of aromatic nitrogens is 2. The number of amides is 1. The van der Waals surface area contributed by atoms with Gasteiger partial charge in [0.25, 0.3) is 5.91 Å². The highest BCUT2D eigenvalue weighted by molar-refractivity contribution is 5.94. The van der Waals surface area contributed by atoms with Crippen molar-refractivity contribution in [3.05, 3.63) is 30.1 Å². The van der Waals surface area contributed by atoms with Crippen molar-refractivity contribution in [3.8, 4) is 0 Å². The number of aryl methyl sites for hydroxylation is 1. The van der Waals surface area contributed by atoms with E-state index in [1.165, 1.54) is 0 Å². The lowest BCUT2D eigenvalue weighted by atomic mass is 9.76. The smallest absolute Gasteiger partial charge is 0.312 e. The second kappa shape index (κ2) is 7.91. The number of carbonyl (C=O) groups is 2. The molecule has 0 saturated carbocycles. The van der Waals surface area contributed by atoms with Crippen LogP contribution in [0.15, 0.2) is 24.4 Å². The molecule has 3 saturated heterocycles. The molecule has 1 N–H and O–H groups in total. The molecule has 0 bridgehead atoms. The fraction of sp³-hybridized carbons (Fsp3) is 0.609. The van der Waals surface area contributed by atoms with E-state index in [2.05, 4.69) is 9.88 Å². The summed E-state index contributed by atoms with van der Waals surface area (Å²) in [5, 5.41) is 10.7. The van der Waals surface area contributed by atoms with Crippen LogP contribution in [0.5, 0.6) is 0 Å². The summed E-state index contributed by atoms with van der Waals surface area (Å²) in [5.74, 6) is -0.183. The Kier molecular flexibility index (Phi) is 5.22. The van der Waals surface area contributed by atoms with Crippen LogP contribution < -0.4 is 0 Å². The first kappa shape index (κ1) is 20.5. The molecule has 0 radical (unpaired) electrons. The molecule has 2 aromatic heterocycles. The van der Waals surface area contributed by atoms with Gasteiger partial charge in [-0.05, 0) is 43.9 Å². The van der Waals surface area contributed by atoms with Crippen LogP contribution in [0, 0.1) is 5.41 Å². The zero-order valence-corrected chi connectivity index (χ0v) is 18.0. The van der Waals surface area contributed by atoms with Crippen molar-refractivity contribution in [2.45, 2.75) is 44.3 Å². The molecule has 2 aromatic rings. The van der Waals surface area contributed by atoms with Crippen LogP contribution in [0.1, 0.15) is 42.6 Å². The molecule has 3 fully saturated rings. The highest BCUT2D eigenvalue weighted by atomic mass is 16.6. The molecule has 5 heterocycles. The topological polar surface area (TPSA) is 87.9 Å². The molecule has 5 rings (SSSR count). The largest absolute Gasteiger partial charge is 0.461 e. The van der Waals surface area contributed by atoms with Gasteiger partial charge in [0.15, 0.2) is 0 Å². The summed E-state index contributed by atoms with van der Waals surface area (Å²) in [6.07, 6.45) is 5.21. The van der Waals surface area contributed by atoms with E-state index in [0.29, 0.717) is 31.6 Å². The Balaban J connectivity index is 1.20. The van der Waals surface area contributed by atoms with Gasteiger partial charge in [-0.3, -0.25) is 14.5 Å².